The number of hydrogen-bond donors (Lipinski definition) is 1. The van der Waals surface area contributed by atoms with Gasteiger partial charge in [0.15, 0.2) is 11.5 Å². The van der Waals surface area contributed by atoms with Crippen molar-refractivity contribution in [1.82, 2.24) is 4.72 Å². The van der Waals surface area contributed by atoms with Crippen LogP contribution in [0.1, 0.15) is 5.56 Å². The van der Waals surface area contributed by atoms with Gasteiger partial charge in [0.25, 0.3) is 0 Å². The zero-order valence-electron chi connectivity index (χ0n) is 14.2. The van der Waals surface area contributed by atoms with E-state index in [9.17, 15) is 8.42 Å². The van der Waals surface area contributed by atoms with E-state index in [1.807, 2.05) is 0 Å². The van der Waals surface area contributed by atoms with E-state index in [0.29, 0.717) is 28.7 Å². The molecular weight excluding hydrogens is 366 g/mol. The zero-order valence-corrected chi connectivity index (χ0v) is 15.8. The molecule has 0 saturated heterocycles. The molecule has 0 aliphatic carbocycles. The summed E-state index contributed by atoms with van der Waals surface area (Å²) in [6, 6.07) is 9.48. The van der Waals surface area contributed by atoms with Crippen LogP contribution in [0.4, 0.5) is 0 Å². The first kappa shape index (κ1) is 19.4. The molecule has 0 aliphatic heterocycles. The highest BCUT2D eigenvalue weighted by Crippen LogP contribution is 2.35. The SMILES string of the molecule is COc1cc(CCNS(=O)(=O)c2ccc(Cl)cc2)c(OC)c(OC)c1. The predicted octanol–water partition coefficient (Wildman–Crippen LogP) is 2.89. The average molecular weight is 386 g/mol. The summed E-state index contributed by atoms with van der Waals surface area (Å²) in [6.07, 6.45) is 0.406. The van der Waals surface area contributed by atoms with Crippen molar-refractivity contribution in [3.63, 3.8) is 0 Å². The van der Waals surface area contributed by atoms with Gasteiger partial charge in [0.05, 0.1) is 26.2 Å². The third-order valence-corrected chi connectivity index (χ3v) is 5.30. The highest BCUT2D eigenvalue weighted by Gasteiger charge is 2.16. The molecule has 0 aromatic heterocycles. The third kappa shape index (κ3) is 4.78. The van der Waals surface area contributed by atoms with Crippen LogP contribution in [0.5, 0.6) is 17.2 Å². The first-order chi connectivity index (χ1) is 11.9. The topological polar surface area (TPSA) is 73.9 Å². The number of sulfonamides is 1. The second-order valence-electron chi connectivity index (χ2n) is 5.12. The minimum absolute atomic E-state index is 0.159. The van der Waals surface area contributed by atoms with Crippen LogP contribution in [0.3, 0.4) is 0 Å². The molecule has 0 heterocycles. The van der Waals surface area contributed by atoms with Crippen molar-refractivity contribution < 1.29 is 22.6 Å². The fourth-order valence-electron chi connectivity index (χ4n) is 2.34. The number of nitrogens with one attached hydrogen (secondary N) is 1. The van der Waals surface area contributed by atoms with Gasteiger partial charge in [-0.15, -0.1) is 0 Å². The van der Waals surface area contributed by atoms with Crippen LogP contribution in [-0.2, 0) is 16.4 Å². The van der Waals surface area contributed by atoms with Gasteiger partial charge in [0, 0.05) is 23.2 Å². The van der Waals surface area contributed by atoms with Crippen molar-refractivity contribution in [1.29, 1.82) is 0 Å². The van der Waals surface area contributed by atoms with Crippen LogP contribution in [0.25, 0.3) is 0 Å². The molecule has 6 nitrogen and oxygen atoms in total. The van der Waals surface area contributed by atoms with E-state index in [2.05, 4.69) is 4.72 Å². The molecular formula is C17H20ClNO5S. The van der Waals surface area contributed by atoms with Crippen molar-refractivity contribution >= 4 is 21.6 Å². The van der Waals surface area contributed by atoms with Gasteiger partial charge >= 0.3 is 0 Å². The van der Waals surface area contributed by atoms with Crippen LogP contribution in [0, 0.1) is 0 Å². The Balaban J connectivity index is 2.14. The molecule has 136 valence electrons. The second-order valence-corrected chi connectivity index (χ2v) is 7.33. The number of hydrogen-bond acceptors (Lipinski definition) is 5. The second kappa shape index (κ2) is 8.42. The van der Waals surface area contributed by atoms with Crippen LogP contribution in [0.15, 0.2) is 41.3 Å². The lowest BCUT2D eigenvalue weighted by atomic mass is 10.1. The lowest BCUT2D eigenvalue weighted by molar-refractivity contribution is 0.345. The van der Waals surface area contributed by atoms with Gasteiger partial charge in [-0.05, 0) is 36.8 Å². The minimum Gasteiger partial charge on any atom is -0.497 e. The van der Waals surface area contributed by atoms with Crippen molar-refractivity contribution in [2.45, 2.75) is 11.3 Å². The van der Waals surface area contributed by atoms with Crippen molar-refractivity contribution in [3.8, 4) is 17.2 Å². The molecule has 25 heavy (non-hydrogen) atoms. The lowest BCUT2D eigenvalue weighted by Gasteiger charge is -2.15. The Bertz CT molecular complexity index is 822. The van der Waals surface area contributed by atoms with Gasteiger partial charge in [0.2, 0.25) is 10.0 Å². The van der Waals surface area contributed by atoms with Crippen LogP contribution >= 0.6 is 11.6 Å². The summed E-state index contributed by atoms with van der Waals surface area (Å²) >= 11 is 5.78. The fraction of sp³-hybridized carbons (Fsp3) is 0.294. The average Bonchev–Trinajstić information content (AvgIpc) is 2.61. The molecule has 1 N–H and O–H groups in total. The van der Waals surface area contributed by atoms with Gasteiger partial charge in [-0.3, -0.25) is 0 Å². The molecule has 0 spiro atoms. The Kier molecular flexibility index (Phi) is 6.52. The zero-order chi connectivity index (χ0) is 18.4. The standard InChI is InChI=1S/C17H20ClNO5S/c1-22-14-10-12(17(24-3)16(11-14)23-2)8-9-19-25(20,21)15-6-4-13(18)5-7-15/h4-7,10-11,19H,8-9H2,1-3H3. The monoisotopic (exact) mass is 385 g/mol. The fourth-order valence-corrected chi connectivity index (χ4v) is 3.49. The Morgan fingerprint density at radius 1 is 1.00 bits per heavy atom. The maximum Gasteiger partial charge on any atom is 0.240 e. The molecule has 2 aromatic carbocycles. The summed E-state index contributed by atoms with van der Waals surface area (Å²) in [5, 5.41) is 0.479. The van der Waals surface area contributed by atoms with Crippen LogP contribution in [-0.4, -0.2) is 36.3 Å². The molecule has 0 atom stereocenters. The molecule has 0 aliphatic rings. The van der Waals surface area contributed by atoms with Gasteiger partial charge in [0.1, 0.15) is 5.75 Å². The van der Waals surface area contributed by atoms with Crippen molar-refractivity contribution in [2.75, 3.05) is 27.9 Å². The summed E-state index contributed by atoms with van der Waals surface area (Å²) in [7, 11) is 1.01. The summed E-state index contributed by atoms with van der Waals surface area (Å²) in [4.78, 5) is 0.159. The molecule has 0 radical (unpaired) electrons. The quantitative estimate of drug-likeness (QED) is 0.756. The number of halogens is 1. The maximum absolute atomic E-state index is 12.3. The van der Waals surface area contributed by atoms with Crippen molar-refractivity contribution in [3.05, 3.63) is 47.0 Å². The molecule has 0 bridgehead atoms. The molecule has 0 unspecified atom stereocenters. The Labute approximate surface area is 152 Å². The van der Waals surface area contributed by atoms with E-state index >= 15 is 0 Å². The van der Waals surface area contributed by atoms with Gasteiger partial charge in [-0.1, -0.05) is 11.6 Å². The van der Waals surface area contributed by atoms with Gasteiger partial charge in [-0.25, -0.2) is 13.1 Å². The van der Waals surface area contributed by atoms with Gasteiger partial charge < -0.3 is 14.2 Å². The molecule has 8 heteroatoms. The highest BCUT2D eigenvalue weighted by atomic mass is 35.5. The summed E-state index contributed by atoms with van der Waals surface area (Å²) in [5.41, 5.74) is 0.775. The predicted molar refractivity (Wildman–Crippen MR) is 96.4 cm³/mol. The lowest BCUT2D eigenvalue weighted by Crippen LogP contribution is -2.26. The third-order valence-electron chi connectivity index (χ3n) is 3.58. The molecule has 2 aromatic rings. The van der Waals surface area contributed by atoms with E-state index in [4.69, 9.17) is 25.8 Å². The first-order valence-electron chi connectivity index (χ1n) is 7.45. The van der Waals surface area contributed by atoms with Gasteiger partial charge in [-0.2, -0.15) is 0 Å². The Morgan fingerprint density at radius 2 is 1.68 bits per heavy atom. The largest absolute Gasteiger partial charge is 0.497 e. The summed E-state index contributed by atoms with van der Waals surface area (Å²) in [5.74, 6) is 1.68. The Morgan fingerprint density at radius 3 is 2.24 bits per heavy atom. The maximum atomic E-state index is 12.3. The van der Waals surface area contributed by atoms with E-state index in [-0.39, 0.29) is 11.4 Å². The van der Waals surface area contributed by atoms with Crippen molar-refractivity contribution in [2.24, 2.45) is 0 Å². The van der Waals surface area contributed by atoms with E-state index < -0.39 is 10.0 Å². The Hall–Kier alpha value is -1.96. The number of ether oxygens (including phenoxy) is 3. The number of rotatable bonds is 8. The first-order valence-corrected chi connectivity index (χ1v) is 9.31. The summed E-state index contributed by atoms with van der Waals surface area (Å²) < 4.78 is 43.1. The molecule has 0 fully saturated rings. The normalized spacial score (nSPS) is 11.2. The minimum atomic E-state index is -3.61. The molecule has 0 saturated carbocycles. The summed E-state index contributed by atoms with van der Waals surface area (Å²) in [6.45, 7) is 0.192. The van der Waals surface area contributed by atoms with E-state index in [1.165, 1.54) is 38.5 Å². The van der Waals surface area contributed by atoms with Crippen LogP contribution < -0.4 is 18.9 Å². The number of methoxy groups -OCH3 is 3. The van der Waals surface area contributed by atoms with E-state index in [1.54, 1.807) is 19.2 Å². The molecule has 2 rings (SSSR count). The van der Waals surface area contributed by atoms with Crippen LogP contribution in [0.2, 0.25) is 5.02 Å². The smallest absolute Gasteiger partial charge is 0.240 e. The number of benzene rings is 2. The van der Waals surface area contributed by atoms with E-state index in [0.717, 1.165) is 5.56 Å². The molecule has 0 amide bonds. The highest BCUT2D eigenvalue weighted by molar-refractivity contribution is 7.89.